The number of nitrogens with zero attached hydrogens (tertiary/aromatic N) is 1. The molecule has 0 aromatic heterocycles. The van der Waals surface area contributed by atoms with Crippen LogP contribution in [0.2, 0.25) is 0 Å². The number of rotatable bonds is 6. The van der Waals surface area contributed by atoms with Crippen molar-refractivity contribution < 1.29 is 35.3 Å². The topological polar surface area (TPSA) is 181 Å². The summed E-state index contributed by atoms with van der Waals surface area (Å²) in [5.41, 5.74) is 6.40. The third kappa shape index (κ3) is 3.72. The lowest BCUT2D eigenvalue weighted by Crippen LogP contribution is -2.76. The number of halogens is 1. The highest BCUT2D eigenvalue weighted by Gasteiger charge is 2.24. The minimum atomic E-state index is -1.58. The maximum absolute atomic E-state index is 12.6. The van der Waals surface area contributed by atoms with Gasteiger partial charge in [-0.2, -0.15) is 0 Å². The second-order valence-electron chi connectivity index (χ2n) is 6.23. The number of carboxylic acids is 2. The lowest BCUT2D eigenvalue weighted by Gasteiger charge is -2.23. The summed E-state index contributed by atoms with van der Waals surface area (Å²) in [6.45, 7) is 0. The average molecular weight is 446 g/mol. The van der Waals surface area contributed by atoms with Crippen molar-refractivity contribution in [2.24, 2.45) is 10.7 Å². The van der Waals surface area contributed by atoms with Crippen LogP contribution in [0.25, 0.3) is 0 Å². The Hall–Kier alpha value is -3.27. The van der Waals surface area contributed by atoms with Crippen molar-refractivity contribution in [1.82, 2.24) is 0 Å². The van der Waals surface area contributed by atoms with Crippen LogP contribution in [0.4, 0.5) is 0 Å². The van der Waals surface area contributed by atoms with Crippen molar-refractivity contribution in [3.8, 4) is 5.75 Å². The van der Waals surface area contributed by atoms with E-state index in [-0.39, 0.29) is 21.4 Å². The first-order valence-electron chi connectivity index (χ1n) is 8.08. The second kappa shape index (κ2) is 7.39. The molecule has 0 amide bonds. The zero-order valence-corrected chi connectivity index (χ0v) is 15.9. The molecule has 9 nitrogen and oxygen atoms in total. The van der Waals surface area contributed by atoms with Gasteiger partial charge in [-0.05, 0) is 36.2 Å². The largest absolute Gasteiger partial charge is 0.871 e. The zero-order valence-electron chi connectivity index (χ0n) is 14.3. The van der Waals surface area contributed by atoms with Gasteiger partial charge in [-0.3, -0.25) is 11.1 Å². The standard InChI is InChI=1S/C18H15BrN4O5/c19-11-4-8(9(18(27)28)6-14(24)25)3-10(15(11)26)17-22-12-2-1-7(16(20)21)5-13(12)23-17/h1-5,9,17,26H,6H2,(H3,20,21)(H,24,25)(H,27,28)/p-1/t9-,17?/m1/s1. The Bertz CT molecular complexity index is 1130. The molecule has 28 heavy (non-hydrogen) atoms. The number of carbonyl (C=O) groups is 2. The highest BCUT2D eigenvalue weighted by molar-refractivity contribution is 9.10. The van der Waals surface area contributed by atoms with E-state index in [1.807, 2.05) is 0 Å². The van der Waals surface area contributed by atoms with Crippen LogP contribution in [0, 0.1) is 0 Å². The van der Waals surface area contributed by atoms with Crippen LogP contribution in [0.15, 0.2) is 39.8 Å². The van der Waals surface area contributed by atoms with Crippen LogP contribution < -0.4 is 42.2 Å². The SMILES string of the molecule is NC(=[NH2+])c1ccc2c(c1)=NC(c1cc([C@@H](CC(=O)[O-])C(=O)[O-])cc(Br)c1[O-])[NH+]=2. The quantitative estimate of drug-likeness (QED) is 0.293. The summed E-state index contributed by atoms with van der Waals surface area (Å²) in [7, 11) is 0. The van der Waals surface area contributed by atoms with Gasteiger partial charge in [-0.15, -0.1) is 0 Å². The van der Waals surface area contributed by atoms with E-state index in [1.54, 1.807) is 18.2 Å². The van der Waals surface area contributed by atoms with Gasteiger partial charge >= 0.3 is 0 Å². The summed E-state index contributed by atoms with van der Waals surface area (Å²) >= 11 is 3.10. The molecular formula is C18H14BrN4O5-. The molecule has 0 saturated carbocycles. The third-order valence-corrected chi connectivity index (χ3v) is 4.93. The molecule has 0 bridgehead atoms. The van der Waals surface area contributed by atoms with E-state index in [2.05, 4.69) is 25.9 Å². The van der Waals surface area contributed by atoms with Gasteiger partial charge < -0.3 is 24.9 Å². The summed E-state index contributed by atoms with van der Waals surface area (Å²) in [5, 5.41) is 41.6. The van der Waals surface area contributed by atoms with Crippen molar-refractivity contribution in [2.45, 2.75) is 18.5 Å². The summed E-state index contributed by atoms with van der Waals surface area (Å²) in [5.74, 6) is -4.89. The summed E-state index contributed by atoms with van der Waals surface area (Å²) in [6.07, 6.45) is -1.57. The molecule has 1 unspecified atom stereocenters. The molecule has 0 radical (unpaired) electrons. The Kier molecular flexibility index (Phi) is 5.14. The van der Waals surface area contributed by atoms with Gasteiger partial charge in [0.25, 0.3) is 12.0 Å². The molecule has 1 aliphatic rings. The van der Waals surface area contributed by atoms with Crippen molar-refractivity contribution >= 4 is 33.7 Å². The van der Waals surface area contributed by atoms with Crippen LogP contribution in [-0.4, -0.2) is 17.8 Å². The Morgan fingerprint density at radius 3 is 2.61 bits per heavy atom. The molecule has 10 heteroatoms. The molecule has 1 heterocycles. The van der Waals surface area contributed by atoms with Gasteiger partial charge in [0.05, 0.1) is 5.56 Å². The van der Waals surface area contributed by atoms with E-state index >= 15 is 0 Å². The molecule has 3 rings (SSSR count). The summed E-state index contributed by atoms with van der Waals surface area (Å²) < 4.78 is 0.0813. The number of hydrogen-bond donors (Lipinski definition) is 3. The Labute approximate surface area is 166 Å². The predicted octanol–water partition coefficient (Wildman–Crippen LogP) is -6.01. The number of nitrogens with two attached hydrogens (primary N) is 2. The Morgan fingerprint density at radius 2 is 2.00 bits per heavy atom. The maximum Gasteiger partial charge on any atom is 0.271 e. The number of fused-ring (bicyclic) bond motifs is 1. The second-order valence-corrected chi connectivity index (χ2v) is 7.09. The van der Waals surface area contributed by atoms with Crippen LogP contribution in [0.1, 0.15) is 35.2 Å². The number of hydrogen-bond acceptors (Lipinski definition) is 6. The highest BCUT2D eigenvalue weighted by Crippen LogP contribution is 2.34. The number of amidine groups is 1. The molecule has 2 aromatic carbocycles. The van der Waals surface area contributed by atoms with Crippen molar-refractivity contribution in [3.05, 3.63) is 62.2 Å². The zero-order chi connectivity index (χ0) is 20.6. The van der Waals surface area contributed by atoms with Crippen LogP contribution >= 0.6 is 15.9 Å². The highest BCUT2D eigenvalue weighted by atomic mass is 79.9. The first-order valence-corrected chi connectivity index (χ1v) is 8.87. The lowest BCUT2D eigenvalue weighted by molar-refractivity contribution is -0.542. The molecule has 1 aliphatic heterocycles. The van der Waals surface area contributed by atoms with Gasteiger partial charge in [0.2, 0.25) is 5.36 Å². The number of carboxylic acid groups (broad SMARTS) is 2. The summed E-state index contributed by atoms with van der Waals surface area (Å²) in [4.78, 5) is 29.7. The van der Waals surface area contributed by atoms with E-state index in [1.165, 1.54) is 12.1 Å². The molecule has 144 valence electrons. The molecule has 0 fully saturated rings. The fourth-order valence-corrected chi connectivity index (χ4v) is 3.44. The average Bonchev–Trinajstić information content (AvgIpc) is 3.04. The summed E-state index contributed by atoms with van der Waals surface area (Å²) in [6, 6.07) is 7.63. The lowest BCUT2D eigenvalue weighted by atomic mass is 9.93. The third-order valence-electron chi connectivity index (χ3n) is 4.34. The van der Waals surface area contributed by atoms with Crippen LogP contribution in [-0.2, 0) is 9.59 Å². The van der Waals surface area contributed by atoms with Crippen molar-refractivity contribution in [3.63, 3.8) is 0 Å². The number of carbonyl (C=O) groups excluding carboxylic acids is 2. The first kappa shape index (κ1) is 19.5. The van der Waals surface area contributed by atoms with Crippen molar-refractivity contribution in [1.29, 1.82) is 0 Å². The molecule has 0 aliphatic carbocycles. The first-order chi connectivity index (χ1) is 13.2. The normalized spacial score (nSPS) is 15.8. The van der Waals surface area contributed by atoms with Crippen LogP contribution in [0.3, 0.4) is 0 Å². The Balaban J connectivity index is 2.09. The van der Waals surface area contributed by atoms with Gasteiger partial charge in [0, 0.05) is 34.0 Å². The van der Waals surface area contributed by atoms with E-state index < -0.39 is 36.2 Å². The molecule has 5 N–H and O–H groups in total. The fraction of sp³-hybridized carbons (Fsp3) is 0.167. The molecule has 0 spiro atoms. The monoisotopic (exact) mass is 445 g/mol. The van der Waals surface area contributed by atoms with Gasteiger partial charge in [-0.25, -0.2) is 9.98 Å². The van der Waals surface area contributed by atoms with Gasteiger partial charge in [0.1, 0.15) is 5.36 Å². The fourth-order valence-electron chi connectivity index (χ4n) is 2.95. The predicted molar refractivity (Wildman–Crippen MR) is 91.2 cm³/mol. The minimum Gasteiger partial charge on any atom is -0.871 e. The van der Waals surface area contributed by atoms with Crippen molar-refractivity contribution in [2.75, 3.05) is 0 Å². The van der Waals surface area contributed by atoms with E-state index in [9.17, 15) is 24.9 Å². The molecule has 0 saturated heterocycles. The minimum absolute atomic E-state index is 0.0813. The van der Waals surface area contributed by atoms with E-state index in [0.29, 0.717) is 16.3 Å². The Morgan fingerprint density at radius 1 is 1.29 bits per heavy atom. The smallest absolute Gasteiger partial charge is 0.271 e. The number of benzene rings is 2. The van der Waals surface area contributed by atoms with Crippen LogP contribution in [0.5, 0.6) is 5.75 Å². The van der Waals surface area contributed by atoms with Gasteiger partial charge in [-0.1, -0.05) is 21.7 Å². The molecular weight excluding hydrogens is 432 g/mol. The molecule has 2 aromatic rings. The van der Waals surface area contributed by atoms with E-state index in [4.69, 9.17) is 11.1 Å². The maximum atomic E-state index is 12.6. The van der Waals surface area contributed by atoms with E-state index in [0.717, 1.165) is 0 Å². The van der Waals surface area contributed by atoms with Gasteiger partial charge in [0.15, 0.2) is 0 Å². The number of nitrogens with one attached hydrogen (secondary N) is 1. The molecule has 2 atom stereocenters. The number of aliphatic carboxylic acids is 2.